The number of ether oxygens (including phenoxy) is 1. The molecular weight excluding hydrogens is 138 g/mol. The smallest absolute Gasteiger partial charge is 0.0620 e. The topological polar surface area (TPSA) is 35.2 Å². The first kappa shape index (κ1) is 9.01. The van der Waals surface area contributed by atoms with Crippen molar-refractivity contribution in [3.8, 4) is 0 Å². The maximum Gasteiger partial charge on any atom is 0.0620 e. The highest BCUT2D eigenvalue weighted by molar-refractivity contribution is 4.76. The number of hydrogen-bond acceptors (Lipinski definition) is 2. The minimum atomic E-state index is 0.283. The van der Waals surface area contributed by atoms with Gasteiger partial charge in [0.15, 0.2) is 0 Å². The van der Waals surface area contributed by atoms with Crippen LogP contribution in [0.1, 0.15) is 26.7 Å². The van der Waals surface area contributed by atoms with Gasteiger partial charge in [0.2, 0.25) is 0 Å². The number of hydrogen-bond donors (Lipinski definition) is 1. The van der Waals surface area contributed by atoms with Crippen molar-refractivity contribution >= 4 is 0 Å². The summed E-state index contributed by atoms with van der Waals surface area (Å²) in [6, 6.07) is 0.283. The lowest BCUT2D eigenvalue weighted by atomic mass is 9.87. The predicted molar refractivity (Wildman–Crippen MR) is 46.4 cm³/mol. The second kappa shape index (κ2) is 4.07. The van der Waals surface area contributed by atoms with Gasteiger partial charge in [0.1, 0.15) is 0 Å². The zero-order valence-corrected chi connectivity index (χ0v) is 7.55. The Balaban J connectivity index is 2.29. The van der Waals surface area contributed by atoms with E-state index in [9.17, 15) is 0 Å². The van der Waals surface area contributed by atoms with Crippen LogP contribution in [0.2, 0.25) is 0 Å². The van der Waals surface area contributed by atoms with Crippen molar-refractivity contribution in [2.45, 2.75) is 32.7 Å². The lowest BCUT2D eigenvalue weighted by Crippen LogP contribution is -2.40. The van der Waals surface area contributed by atoms with Gasteiger partial charge in [-0.05, 0) is 24.7 Å². The molecule has 0 saturated carbocycles. The summed E-state index contributed by atoms with van der Waals surface area (Å²) in [7, 11) is 0. The van der Waals surface area contributed by atoms with E-state index in [0.717, 1.165) is 25.6 Å². The summed E-state index contributed by atoms with van der Waals surface area (Å²) >= 11 is 0. The molecule has 1 aliphatic heterocycles. The van der Waals surface area contributed by atoms with Gasteiger partial charge in [0.25, 0.3) is 0 Å². The predicted octanol–water partition coefficient (Wildman–Crippen LogP) is 1.40. The Labute approximate surface area is 69.1 Å². The summed E-state index contributed by atoms with van der Waals surface area (Å²) in [6.07, 6.45) is 2.41. The third kappa shape index (κ3) is 2.80. The zero-order chi connectivity index (χ0) is 8.27. The fraction of sp³-hybridized carbons (Fsp3) is 1.00. The standard InChI is InChI=1S/C9H19NO/c1-7(2)5-8-3-4-11-6-9(8)10/h7-9H,3-6,10H2,1-2H3. The van der Waals surface area contributed by atoms with Crippen molar-refractivity contribution in [2.24, 2.45) is 17.6 Å². The van der Waals surface area contributed by atoms with Gasteiger partial charge < -0.3 is 10.5 Å². The maximum absolute atomic E-state index is 5.90. The largest absolute Gasteiger partial charge is 0.380 e. The quantitative estimate of drug-likeness (QED) is 0.657. The summed E-state index contributed by atoms with van der Waals surface area (Å²) in [4.78, 5) is 0. The number of nitrogens with two attached hydrogens (primary N) is 1. The molecule has 2 unspecified atom stereocenters. The van der Waals surface area contributed by atoms with Crippen LogP contribution in [-0.2, 0) is 4.74 Å². The van der Waals surface area contributed by atoms with Crippen molar-refractivity contribution in [3.63, 3.8) is 0 Å². The molecule has 1 heterocycles. The first-order valence-corrected chi connectivity index (χ1v) is 4.53. The van der Waals surface area contributed by atoms with Crippen LogP contribution in [0.25, 0.3) is 0 Å². The Morgan fingerprint density at radius 2 is 2.27 bits per heavy atom. The molecule has 11 heavy (non-hydrogen) atoms. The Morgan fingerprint density at radius 3 is 2.82 bits per heavy atom. The highest BCUT2D eigenvalue weighted by atomic mass is 16.5. The van der Waals surface area contributed by atoms with E-state index in [0.29, 0.717) is 5.92 Å². The molecule has 0 radical (unpaired) electrons. The molecule has 0 aliphatic carbocycles. The second-order valence-electron chi connectivity index (χ2n) is 3.92. The van der Waals surface area contributed by atoms with E-state index in [-0.39, 0.29) is 6.04 Å². The molecule has 1 saturated heterocycles. The lowest BCUT2D eigenvalue weighted by Gasteiger charge is -2.29. The van der Waals surface area contributed by atoms with Crippen molar-refractivity contribution in [2.75, 3.05) is 13.2 Å². The van der Waals surface area contributed by atoms with Gasteiger partial charge in [-0.3, -0.25) is 0 Å². The van der Waals surface area contributed by atoms with Crippen molar-refractivity contribution < 1.29 is 4.74 Å². The Bertz CT molecular complexity index is 114. The van der Waals surface area contributed by atoms with Gasteiger partial charge in [-0.15, -0.1) is 0 Å². The summed E-state index contributed by atoms with van der Waals surface area (Å²) < 4.78 is 5.27. The van der Waals surface area contributed by atoms with Crippen molar-refractivity contribution in [3.05, 3.63) is 0 Å². The number of rotatable bonds is 2. The fourth-order valence-electron chi connectivity index (χ4n) is 1.70. The molecule has 0 aromatic carbocycles. The van der Waals surface area contributed by atoms with Crippen LogP contribution in [0.4, 0.5) is 0 Å². The second-order valence-corrected chi connectivity index (χ2v) is 3.92. The van der Waals surface area contributed by atoms with Crippen LogP contribution in [0, 0.1) is 11.8 Å². The normalized spacial score (nSPS) is 32.7. The van der Waals surface area contributed by atoms with E-state index in [2.05, 4.69) is 13.8 Å². The summed E-state index contributed by atoms with van der Waals surface area (Å²) in [5.74, 6) is 1.47. The first-order chi connectivity index (χ1) is 5.20. The van der Waals surface area contributed by atoms with Crippen LogP contribution >= 0.6 is 0 Å². The van der Waals surface area contributed by atoms with Crippen LogP contribution in [-0.4, -0.2) is 19.3 Å². The minimum absolute atomic E-state index is 0.283. The Morgan fingerprint density at radius 1 is 1.55 bits per heavy atom. The lowest BCUT2D eigenvalue weighted by molar-refractivity contribution is 0.0427. The highest BCUT2D eigenvalue weighted by Gasteiger charge is 2.22. The van der Waals surface area contributed by atoms with E-state index in [1.165, 1.54) is 6.42 Å². The average Bonchev–Trinajstić information content (AvgIpc) is 1.93. The summed E-state index contributed by atoms with van der Waals surface area (Å²) in [6.45, 7) is 6.17. The van der Waals surface area contributed by atoms with Crippen molar-refractivity contribution in [1.82, 2.24) is 0 Å². The molecule has 1 rings (SSSR count). The molecular formula is C9H19NO. The maximum atomic E-state index is 5.90. The molecule has 0 bridgehead atoms. The van der Waals surface area contributed by atoms with Crippen LogP contribution < -0.4 is 5.73 Å². The Hall–Kier alpha value is -0.0800. The zero-order valence-electron chi connectivity index (χ0n) is 7.55. The minimum Gasteiger partial charge on any atom is -0.380 e. The van der Waals surface area contributed by atoms with Gasteiger partial charge in [0.05, 0.1) is 6.61 Å². The van der Waals surface area contributed by atoms with Gasteiger partial charge in [-0.2, -0.15) is 0 Å². The molecule has 0 aromatic rings. The highest BCUT2D eigenvalue weighted by Crippen LogP contribution is 2.21. The van der Waals surface area contributed by atoms with Crippen LogP contribution in [0.15, 0.2) is 0 Å². The molecule has 2 heteroatoms. The van der Waals surface area contributed by atoms with Gasteiger partial charge in [0, 0.05) is 12.6 Å². The molecule has 2 N–H and O–H groups in total. The monoisotopic (exact) mass is 157 g/mol. The summed E-state index contributed by atoms with van der Waals surface area (Å²) in [5, 5.41) is 0. The molecule has 66 valence electrons. The van der Waals surface area contributed by atoms with Gasteiger partial charge in [-0.25, -0.2) is 0 Å². The third-order valence-corrected chi connectivity index (χ3v) is 2.32. The molecule has 0 spiro atoms. The molecule has 2 atom stereocenters. The van der Waals surface area contributed by atoms with Crippen LogP contribution in [0.5, 0.6) is 0 Å². The van der Waals surface area contributed by atoms with Crippen molar-refractivity contribution in [1.29, 1.82) is 0 Å². The molecule has 2 nitrogen and oxygen atoms in total. The third-order valence-electron chi connectivity index (χ3n) is 2.32. The Kier molecular flexibility index (Phi) is 3.34. The molecule has 0 aromatic heterocycles. The van der Waals surface area contributed by atoms with Crippen LogP contribution in [0.3, 0.4) is 0 Å². The van der Waals surface area contributed by atoms with E-state index >= 15 is 0 Å². The van der Waals surface area contributed by atoms with E-state index in [1.807, 2.05) is 0 Å². The van der Waals surface area contributed by atoms with Gasteiger partial charge >= 0.3 is 0 Å². The average molecular weight is 157 g/mol. The summed E-state index contributed by atoms with van der Waals surface area (Å²) in [5.41, 5.74) is 5.90. The molecule has 1 aliphatic rings. The van der Waals surface area contributed by atoms with E-state index < -0.39 is 0 Å². The SMILES string of the molecule is CC(C)CC1CCOCC1N. The first-order valence-electron chi connectivity index (χ1n) is 4.53. The molecule has 1 fully saturated rings. The van der Waals surface area contributed by atoms with E-state index in [1.54, 1.807) is 0 Å². The van der Waals surface area contributed by atoms with Gasteiger partial charge in [-0.1, -0.05) is 13.8 Å². The molecule has 0 amide bonds. The van der Waals surface area contributed by atoms with E-state index in [4.69, 9.17) is 10.5 Å². The fourth-order valence-corrected chi connectivity index (χ4v) is 1.70.